The molecular formula is C26H24F5NO2. The van der Waals surface area contributed by atoms with Crippen molar-refractivity contribution in [3.05, 3.63) is 89.0 Å². The molecule has 1 atom stereocenters. The monoisotopic (exact) mass is 477 g/mol. The number of nitrogens with one attached hydrogen (secondary N) is 1. The summed E-state index contributed by atoms with van der Waals surface area (Å²) in [7, 11) is 0. The van der Waals surface area contributed by atoms with E-state index in [9.17, 15) is 31.9 Å². The van der Waals surface area contributed by atoms with Gasteiger partial charge in [-0.1, -0.05) is 50.2 Å². The van der Waals surface area contributed by atoms with E-state index in [0.29, 0.717) is 17.2 Å². The Labute approximate surface area is 194 Å². The molecule has 0 bridgehead atoms. The van der Waals surface area contributed by atoms with Gasteiger partial charge >= 0.3 is 12.1 Å². The van der Waals surface area contributed by atoms with Gasteiger partial charge < -0.3 is 10.4 Å². The van der Waals surface area contributed by atoms with Crippen LogP contribution in [0, 0.1) is 17.6 Å². The Morgan fingerprint density at radius 2 is 1.65 bits per heavy atom. The SMILES string of the molecule is CC(C)CC(C(=O)O)c1cc(-c2ccccc2)cc(NCc2ccc(F)cc2F)c1C(F)(F)F. The van der Waals surface area contributed by atoms with Gasteiger partial charge in [0.05, 0.1) is 11.5 Å². The van der Waals surface area contributed by atoms with Crippen LogP contribution in [0.25, 0.3) is 11.1 Å². The van der Waals surface area contributed by atoms with E-state index in [2.05, 4.69) is 5.32 Å². The second-order valence-electron chi connectivity index (χ2n) is 8.46. The Morgan fingerprint density at radius 1 is 0.971 bits per heavy atom. The Kier molecular flexibility index (Phi) is 7.59. The fourth-order valence-electron chi connectivity index (χ4n) is 3.88. The number of carbonyl (C=O) groups is 1. The third-order valence-corrected chi connectivity index (χ3v) is 5.42. The molecule has 34 heavy (non-hydrogen) atoms. The van der Waals surface area contributed by atoms with Crippen molar-refractivity contribution in [1.82, 2.24) is 0 Å². The van der Waals surface area contributed by atoms with Crippen LogP contribution in [-0.2, 0) is 17.5 Å². The molecule has 0 aliphatic rings. The minimum atomic E-state index is -4.88. The van der Waals surface area contributed by atoms with E-state index >= 15 is 0 Å². The quantitative estimate of drug-likeness (QED) is 0.331. The first-order chi connectivity index (χ1) is 16.0. The van der Waals surface area contributed by atoms with Crippen LogP contribution in [0.15, 0.2) is 60.7 Å². The standard InChI is InChI=1S/C26H24F5NO2/c1-15(2)10-21(25(33)34)20-11-18(16-6-4-3-5-7-16)12-23(24(20)26(29,30)31)32-14-17-8-9-19(27)13-22(17)28/h3-9,11-13,15,21,32H,10,14H2,1-2H3,(H,33,34). The van der Waals surface area contributed by atoms with E-state index in [4.69, 9.17) is 0 Å². The van der Waals surface area contributed by atoms with Gasteiger partial charge in [0.15, 0.2) is 0 Å². The molecule has 8 heteroatoms. The van der Waals surface area contributed by atoms with Crippen molar-refractivity contribution in [1.29, 1.82) is 0 Å². The lowest BCUT2D eigenvalue weighted by Gasteiger charge is -2.25. The minimum Gasteiger partial charge on any atom is -0.481 e. The largest absolute Gasteiger partial charge is 0.481 e. The number of hydrogen-bond donors (Lipinski definition) is 2. The van der Waals surface area contributed by atoms with E-state index in [1.807, 2.05) is 0 Å². The first-order valence-electron chi connectivity index (χ1n) is 10.7. The molecular weight excluding hydrogens is 453 g/mol. The average molecular weight is 477 g/mol. The molecule has 2 N–H and O–H groups in total. The van der Waals surface area contributed by atoms with E-state index in [-0.39, 0.29) is 35.7 Å². The zero-order valence-corrected chi connectivity index (χ0v) is 18.6. The van der Waals surface area contributed by atoms with E-state index in [1.165, 1.54) is 12.1 Å². The van der Waals surface area contributed by atoms with Gasteiger partial charge in [-0.3, -0.25) is 4.79 Å². The lowest BCUT2D eigenvalue weighted by atomic mass is 9.84. The van der Waals surface area contributed by atoms with Crippen LogP contribution >= 0.6 is 0 Å². The second-order valence-corrected chi connectivity index (χ2v) is 8.46. The van der Waals surface area contributed by atoms with Crippen molar-refractivity contribution in [2.45, 2.75) is 38.9 Å². The maximum Gasteiger partial charge on any atom is 0.418 e. The molecule has 0 radical (unpaired) electrons. The Bertz CT molecular complexity index is 1160. The number of benzene rings is 3. The van der Waals surface area contributed by atoms with Crippen molar-refractivity contribution in [3.63, 3.8) is 0 Å². The van der Waals surface area contributed by atoms with Gasteiger partial charge in [0.2, 0.25) is 0 Å². The summed E-state index contributed by atoms with van der Waals surface area (Å²) >= 11 is 0. The molecule has 0 aliphatic heterocycles. The summed E-state index contributed by atoms with van der Waals surface area (Å²) in [6, 6.07) is 13.9. The topological polar surface area (TPSA) is 49.3 Å². The number of rotatable bonds is 8. The second kappa shape index (κ2) is 10.2. The molecule has 0 aromatic heterocycles. The molecule has 3 aromatic carbocycles. The molecule has 1 unspecified atom stereocenters. The number of aliphatic carboxylic acids is 1. The smallest absolute Gasteiger partial charge is 0.418 e. The summed E-state index contributed by atoms with van der Waals surface area (Å²) in [4.78, 5) is 12.1. The molecule has 3 nitrogen and oxygen atoms in total. The zero-order chi connectivity index (χ0) is 25.0. The summed E-state index contributed by atoms with van der Waals surface area (Å²) in [6.45, 7) is 3.12. The summed E-state index contributed by atoms with van der Waals surface area (Å²) in [6.07, 6.45) is -4.87. The van der Waals surface area contributed by atoms with Crippen LogP contribution in [0.2, 0.25) is 0 Å². The average Bonchev–Trinajstić information content (AvgIpc) is 2.76. The van der Waals surface area contributed by atoms with Gasteiger partial charge in [-0.05, 0) is 47.2 Å². The first-order valence-corrected chi connectivity index (χ1v) is 10.7. The van der Waals surface area contributed by atoms with Crippen LogP contribution in [0.1, 0.15) is 42.9 Å². The van der Waals surface area contributed by atoms with E-state index in [0.717, 1.165) is 12.1 Å². The lowest BCUT2D eigenvalue weighted by Crippen LogP contribution is -2.21. The van der Waals surface area contributed by atoms with Gasteiger partial charge in [-0.25, -0.2) is 8.78 Å². The maximum atomic E-state index is 14.3. The van der Waals surface area contributed by atoms with Crippen LogP contribution in [0.3, 0.4) is 0 Å². The molecule has 180 valence electrons. The van der Waals surface area contributed by atoms with E-state index in [1.54, 1.807) is 44.2 Å². The number of carboxylic acids is 1. The number of carboxylic acid groups (broad SMARTS) is 1. The van der Waals surface area contributed by atoms with E-state index < -0.39 is 35.3 Å². The first kappa shape index (κ1) is 25.2. The predicted octanol–water partition coefficient (Wildman–Crippen LogP) is 7.48. The molecule has 0 fully saturated rings. The highest BCUT2D eigenvalue weighted by atomic mass is 19.4. The van der Waals surface area contributed by atoms with Crippen molar-refractivity contribution in [3.8, 4) is 11.1 Å². The minimum absolute atomic E-state index is 0.00267. The van der Waals surface area contributed by atoms with Gasteiger partial charge in [0.1, 0.15) is 11.6 Å². The molecule has 0 aliphatic carbocycles. The van der Waals surface area contributed by atoms with Gasteiger partial charge in [-0.15, -0.1) is 0 Å². The molecule has 3 aromatic rings. The van der Waals surface area contributed by atoms with Crippen molar-refractivity contribution in [2.24, 2.45) is 5.92 Å². The number of alkyl halides is 3. The lowest BCUT2D eigenvalue weighted by molar-refractivity contribution is -0.141. The van der Waals surface area contributed by atoms with Crippen LogP contribution in [0.4, 0.5) is 27.6 Å². The predicted molar refractivity (Wildman–Crippen MR) is 120 cm³/mol. The Morgan fingerprint density at radius 3 is 2.21 bits per heavy atom. The van der Waals surface area contributed by atoms with Crippen molar-refractivity contribution < 1.29 is 31.9 Å². The number of halogens is 5. The summed E-state index contributed by atoms with van der Waals surface area (Å²) in [5, 5.41) is 12.4. The normalized spacial score (nSPS) is 12.6. The summed E-state index contributed by atoms with van der Waals surface area (Å²) in [5.74, 6) is -4.64. The maximum absolute atomic E-state index is 14.3. The Balaban J connectivity index is 2.21. The number of anilines is 1. The Hall–Kier alpha value is -3.42. The fourth-order valence-corrected chi connectivity index (χ4v) is 3.88. The highest BCUT2D eigenvalue weighted by Gasteiger charge is 2.40. The molecule has 0 saturated heterocycles. The van der Waals surface area contributed by atoms with Crippen LogP contribution < -0.4 is 5.32 Å². The summed E-state index contributed by atoms with van der Waals surface area (Å²) < 4.78 is 70.3. The molecule has 3 rings (SSSR count). The highest BCUT2D eigenvalue weighted by Crippen LogP contribution is 2.44. The van der Waals surface area contributed by atoms with Gasteiger partial charge in [0, 0.05) is 23.9 Å². The van der Waals surface area contributed by atoms with Crippen molar-refractivity contribution in [2.75, 3.05) is 5.32 Å². The summed E-state index contributed by atoms with van der Waals surface area (Å²) in [5.41, 5.74) is -0.886. The van der Waals surface area contributed by atoms with Crippen LogP contribution in [0.5, 0.6) is 0 Å². The molecule has 0 spiro atoms. The van der Waals surface area contributed by atoms with Gasteiger partial charge in [-0.2, -0.15) is 13.2 Å². The van der Waals surface area contributed by atoms with Crippen molar-refractivity contribution >= 4 is 11.7 Å². The molecule has 0 saturated carbocycles. The third-order valence-electron chi connectivity index (χ3n) is 5.42. The third kappa shape index (κ3) is 5.92. The highest BCUT2D eigenvalue weighted by molar-refractivity contribution is 5.81. The van der Waals surface area contributed by atoms with Crippen LogP contribution in [-0.4, -0.2) is 11.1 Å². The fraction of sp³-hybridized carbons (Fsp3) is 0.269. The zero-order valence-electron chi connectivity index (χ0n) is 18.6. The number of hydrogen-bond acceptors (Lipinski definition) is 2. The molecule has 0 amide bonds. The molecule has 0 heterocycles. The van der Waals surface area contributed by atoms with Gasteiger partial charge in [0.25, 0.3) is 0 Å².